The number of benzene rings is 1. The lowest BCUT2D eigenvalue weighted by Gasteiger charge is -2.07. The molecule has 1 aromatic heterocycles. The van der Waals surface area contributed by atoms with Crippen LogP contribution in [0.4, 0.5) is 0 Å². The maximum atomic E-state index is 11.7. The molecule has 0 radical (unpaired) electrons. The van der Waals surface area contributed by atoms with Gasteiger partial charge in [-0.1, -0.05) is 37.3 Å². The highest BCUT2D eigenvalue weighted by molar-refractivity contribution is 5.43. The third-order valence-electron chi connectivity index (χ3n) is 2.85. The van der Waals surface area contributed by atoms with Crippen molar-refractivity contribution in [3.63, 3.8) is 0 Å². The Hall–Kier alpha value is -1.77. The fourth-order valence-corrected chi connectivity index (χ4v) is 1.88. The number of unbranched alkanes of at least 4 members (excludes halogenated alkanes) is 2. The minimum atomic E-state index is 0.0591. The van der Waals surface area contributed by atoms with E-state index in [9.17, 15) is 5.11 Å². The lowest BCUT2D eigenvalue weighted by Crippen LogP contribution is -2.30. The first kappa shape index (κ1) is 11.7. The molecule has 1 aromatic carbocycles. The highest BCUT2D eigenvalue weighted by Gasteiger charge is 2.06. The Kier molecular flexibility index (Phi) is 3.81. The van der Waals surface area contributed by atoms with Crippen molar-refractivity contribution >= 4 is 0 Å². The van der Waals surface area contributed by atoms with E-state index in [1.54, 1.807) is 12.1 Å². The number of hydrogen-bond acceptors (Lipinski definition) is 1. The molecule has 2 aromatic rings. The van der Waals surface area contributed by atoms with Gasteiger partial charge in [-0.25, -0.2) is 9.13 Å². The number of aromatic nitrogens is 2. The van der Waals surface area contributed by atoms with Gasteiger partial charge >= 0.3 is 0 Å². The van der Waals surface area contributed by atoms with E-state index in [4.69, 9.17) is 0 Å². The first-order valence-corrected chi connectivity index (χ1v) is 6.14. The van der Waals surface area contributed by atoms with Crippen LogP contribution in [0.2, 0.25) is 0 Å². The van der Waals surface area contributed by atoms with Crippen molar-refractivity contribution < 1.29 is 9.67 Å². The summed E-state index contributed by atoms with van der Waals surface area (Å²) in [4.78, 5) is 0. The van der Waals surface area contributed by atoms with Gasteiger partial charge in [0.05, 0.1) is 6.54 Å². The Balaban J connectivity index is 2.10. The summed E-state index contributed by atoms with van der Waals surface area (Å²) in [5.41, 5.74) is 0.710. The Morgan fingerprint density at radius 3 is 2.82 bits per heavy atom. The van der Waals surface area contributed by atoms with Gasteiger partial charge in [-0.3, -0.25) is 0 Å². The van der Waals surface area contributed by atoms with Crippen molar-refractivity contribution in [3.8, 4) is 11.4 Å². The predicted octanol–water partition coefficient (Wildman–Crippen LogP) is 2.03. The summed E-state index contributed by atoms with van der Waals surface area (Å²) in [6, 6.07) is 7.10. The lowest BCUT2D eigenvalue weighted by molar-refractivity contribution is -0.696. The van der Waals surface area contributed by atoms with Crippen LogP contribution in [0.1, 0.15) is 26.2 Å². The molecule has 0 aliphatic carbocycles. The van der Waals surface area contributed by atoms with Crippen molar-refractivity contribution in [2.24, 2.45) is 0 Å². The molecule has 0 saturated heterocycles. The van der Waals surface area contributed by atoms with E-state index in [0.29, 0.717) is 5.69 Å². The summed E-state index contributed by atoms with van der Waals surface area (Å²) in [5, 5.41) is 11.7. The van der Waals surface area contributed by atoms with E-state index < -0.39 is 0 Å². The lowest BCUT2D eigenvalue weighted by atomic mass is 10.2. The van der Waals surface area contributed by atoms with Gasteiger partial charge in [0.1, 0.15) is 18.1 Å². The summed E-state index contributed by atoms with van der Waals surface area (Å²) in [5.74, 6) is 0.0591. The van der Waals surface area contributed by atoms with Crippen LogP contribution in [0.25, 0.3) is 5.69 Å². The molecular formula is C14H18N2O. The van der Waals surface area contributed by atoms with E-state index in [2.05, 4.69) is 11.5 Å². The number of imidazole rings is 1. The van der Waals surface area contributed by atoms with Crippen molar-refractivity contribution in [2.75, 3.05) is 0 Å². The summed E-state index contributed by atoms with van der Waals surface area (Å²) in [6.07, 6.45) is 9.59. The minimum Gasteiger partial charge on any atom is -0.870 e. The largest absolute Gasteiger partial charge is 0.870 e. The molecule has 0 aliphatic heterocycles. The molecule has 0 aliphatic rings. The van der Waals surface area contributed by atoms with Crippen LogP contribution >= 0.6 is 0 Å². The van der Waals surface area contributed by atoms with Crippen LogP contribution in [0, 0.1) is 0 Å². The predicted molar refractivity (Wildman–Crippen MR) is 64.9 cm³/mol. The van der Waals surface area contributed by atoms with E-state index in [0.717, 1.165) is 6.54 Å². The number of para-hydroxylation sites is 2. The third-order valence-corrected chi connectivity index (χ3v) is 2.85. The van der Waals surface area contributed by atoms with Crippen LogP contribution < -0.4 is 9.67 Å². The van der Waals surface area contributed by atoms with E-state index in [1.807, 2.05) is 35.4 Å². The molecule has 3 heteroatoms. The molecule has 3 nitrogen and oxygen atoms in total. The molecule has 0 spiro atoms. The van der Waals surface area contributed by atoms with Crippen LogP contribution in [-0.4, -0.2) is 4.57 Å². The normalized spacial score (nSPS) is 10.6. The van der Waals surface area contributed by atoms with E-state index in [-0.39, 0.29) is 5.75 Å². The molecule has 2 rings (SSSR count). The molecule has 0 N–H and O–H groups in total. The molecule has 0 fully saturated rings. The molecule has 0 unspecified atom stereocenters. The zero-order valence-electron chi connectivity index (χ0n) is 10.2. The molecular weight excluding hydrogens is 212 g/mol. The Bertz CT molecular complexity index is 477. The van der Waals surface area contributed by atoms with Gasteiger partial charge in [-0.05, 0) is 18.9 Å². The SMILES string of the molecule is CCCCC[n+]1ccn(-c2ccccc2[O-])c1. The summed E-state index contributed by atoms with van der Waals surface area (Å²) in [6.45, 7) is 3.21. The van der Waals surface area contributed by atoms with Crippen LogP contribution in [0.3, 0.4) is 0 Å². The molecule has 0 atom stereocenters. The second kappa shape index (κ2) is 5.53. The maximum Gasteiger partial charge on any atom is 0.248 e. The van der Waals surface area contributed by atoms with Crippen LogP contribution in [0.15, 0.2) is 43.0 Å². The van der Waals surface area contributed by atoms with Crippen molar-refractivity contribution in [2.45, 2.75) is 32.7 Å². The van der Waals surface area contributed by atoms with Crippen molar-refractivity contribution in [3.05, 3.63) is 43.0 Å². The van der Waals surface area contributed by atoms with E-state index in [1.165, 1.54) is 19.3 Å². The van der Waals surface area contributed by atoms with Crippen LogP contribution in [-0.2, 0) is 6.54 Å². The molecule has 90 valence electrons. The zero-order chi connectivity index (χ0) is 12.1. The van der Waals surface area contributed by atoms with Crippen molar-refractivity contribution in [1.82, 2.24) is 4.57 Å². The Morgan fingerprint density at radius 2 is 2.06 bits per heavy atom. The highest BCUT2D eigenvalue weighted by Crippen LogP contribution is 2.16. The molecule has 0 saturated carbocycles. The second-order valence-corrected chi connectivity index (χ2v) is 4.23. The van der Waals surface area contributed by atoms with Gasteiger partial charge in [0.2, 0.25) is 6.33 Å². The van der Waals surface area contributed by atoms with Gasteiger partial charge in [0.25, 0.3) is 0 Å². The quantitative estimate of drug-likeness (QED) is 0.571. The molecule has 1 heterocycles. The van der Waals surface area contributed by atoms with Gasteiger partial charge < -0.3 is 5.11 Å². The van der Waals surface area contributed by atoms with Gasteiger partial charge in [0.15, 0.2) is 0 Å². The smallest absolute Gasteiger partial charge is 0.248 e. The number of aryl methyl sites for hydroxylation is 1. The fraction of sp³-hybridized carbons (Fsp3) is 0.357. The highest BCUT2D eigenvalue weighted by atomic mass is 16.3. The summed E-state index contributed by atoms with van der Waals surface area (Å²) in [7, 11) is 0. The standard InChI is InChI=1S/C14H18N2O/c1-2-3-6-9-15-10-11-16(12-15)13-7-4-5-8-14(13)17/h4-5,7-8,10-12H,2-3,6,9H2,1H3. The Morgan fingerprint density at radius 1 is 1.24 bits per heavy atom. The zero-order valence-corrected chi connectivity index (χ0v) is 10.2. The summed E-state index contributed by atoms with van der Waals surface area (Å²) >= 11 is 0. The van der Waals surface area contributed by atoms with Gasteiger partial charge in [-0.15, -0.1) is 0 Å². The molecule has 0 bridgehead atoms. The average molecular weight is 230 g/mol. The first-order valence-electron chi connectivity index (χ1n) is 6.14. The topological polar surface area (TPSA) is 31.9 Å². The number of nitrogens with zero attached hydrogens (tertiary/aromatic N) is 2. The minimum absolute atomic E-state index is 0.0591. The van der Waals surface area contributed by atoms with E-state index >= 15 is 0 Å². The molecule has 17 heavy (non-hydrogen) atoms. The fourth-order valence-electron chi connectivity index (χ4n) is 1.88. The van der Waals surface area contributed by atoms with Gasteiger partial charge in [0, 0.05) is 0 Å². The number of hydrogen-bond donors (Lipinski definition) is 0. The third kappa shape index (κ3) is 2.87. The van der Waals surface area contributed by atoms with Gasteiger partial charge in [-0.2, -0.15) is 0 Å². The maximum absolute atomic E-state index is 11.7. The average Bonchev–Trinajstić information content (AvgIpc) is 2.79. The summed E-state index contributed by atoms with van der Waals surface area (Å²) < 4.78 is 4.01. The Labute approximate surface area is 102 Å². The molecule has 0 amide bonds. The van der Waals surface area contributed by atoms with Crippen LogP contribution in [0.5, 0.6) is 5.75 Å². The second-order valence-electron chi connectivity index (χ2n) is 4.23. The first-order chi connectivity index (χ1) is 8.31. The number of rotatable bonds is 5. The van der Waals surface area contributed by atoms with Crippen molar-refractivity contribution in [1.29, 1.82) is 0 Å². The monoisotopic (exact) mass is 230 g/mol.